The third-order valence-corrected chi connectivity index (χ3v) is 8.45. The van der Waals surface area contributed by atoms with Gasteiger partial charge in [-0.05, 0) is 92.6 Å². The molecule has 234 valence electrons. The maximum Gasteiger partial charge on any atom is 0.264 e. The Morgan fingerprint density at radius 2 is 1.47 bits per heavy atom. The van der Waals surface area contributed by atoms with Gasteiger partial charge < -0.3 is 14.8 Å². The summed E-state index contributed by atoms with van der Waals surface area (Å²) >= 11 is 0. The number of nitrogens with zero attached hydrogens (tertiary/aromatic N) is 2. The third-order valence-electron chi connectivity index (χ3n) is 6.66. The Balaban J connectivity index is 1.34. The molecule has 0 saturated heterocycles. The second kappa shape index (κ2) is 15.5. The van der Waals surface area contributed by atoms with E-state index in [-0.39, 0.29) is 23.5 Å². The van der Waals surface area contributed by atoms with Crippen molar-refractivity contribution in [1.29, 1.82) is 0 Å². The fourth-order valence-corrected chi connectivity index (χ4v) is 5.70. The van der Waals surface area contributed by atoms with Crippen LogP contribution in [0.25, 0.3) is 0 Å². The van der Waals surface area contributed by atoms with Gasteiger partial charge in [0.05, 0.1) is 29.4 Å². The quantitative estimate of drug-likeness (QED) is 0.150. The summed E-state index contributed by atoms with van der Waals surface area (Å²) in [6.45, 7) is 5.45. The van der Waals surface area contributed by atoms with E-state index in [0.29, 0.717) is 29.4 Å². The first-order valence-electron chi connectivity index (χ1n) is 14.4. The Bertz CT molecular complexity index is 1690. The Morgan fingerprint density at radius 1 is 0.844 bits per heavy atom. The second-order valence-corrected chi connectivity index (χ2v) is 12.0. The van der Waals surface area contributed by atoms with Crippen LogP contribution in [-0.4, -0.2) is 46.2 Å². The maximum atomic E-state index is 13.6. The number of amides is 2. The van der Waals surface area contributed by atoms with Gasteiger partial charge in [0.1, 0.15) is 18.0 Å². The number of carbonyl (C=O) groups excluding carboxylic acids is 2. The predicted octanol–water partition coefficient (Wildman–Crippen LogP) is 5.00. The summed E-state index contributed by atoms with van der Waals surface area (Å²) in [7, 11) is -4.09. The molecule has 0 unspecified atom stereocenters. The van der Waals surface area contributed by atoms with Gasteiger partial charge in [-0.3, -0.25) is 13.9 Å². The van der Waals surface area contributed by atoms with Crippen molar-refractivity contribution in [3.63, 3.8) is 0 Å². The molecule has 0 aliphatic heterocycles. The lowest BCUT2D eigenvalue weighted by molar-refractivity contribution is -0.123. The van der Waals surface area contributed by atoms with Crippen molar-refractivity contribution >= 4 is 33.7 Å². The molecular weight excluding hydrogens is 592 g/mol. The molecule has 2 N–H and O–H groups in total. The number of hydrazone groups is 1. The van der Waals surface area contributed by atoms with Crippen molar-refractivity contribution in [2.45, 2.75) is 31.7 Å². The van der Waals surface area contributed by atoms with E-state index in [0.717, 1.165) is 15.4 Å². The minimum Gasteiger partial charge on any atom is -0.494 e. The van der Waals surface area contributed by atoms with Gasteiger partial charge in [-0.1, -0.05) is 48.0 Å². The van der Waals surface area contributed by atoms with Crippen LogP contribution in [0, 0.1) is 6.92 Å². The van der Waals surface area contributed by atoms with E-state index >= 15 is 0 Å². The highest BCUT2D eigenvalue weighted by atomic mass is 32.2. The van der Waals surface area contributed by atoms with E-state index in [4.69, 9.17) is 9.47 Å². The number of carbonyl (C=O) groups is 2. The predicted molar refractivity (Wildman–Crippen MR) is 174 cm³/mol. The summed E-state index contributed by atoms with van der Waals surface area (Å²) < 4.78 is 39.2. The molecule has 4 rings (SSSR count). The summed E-state index contributed by atoms with van der Waals surface area (Å²) in [6.07, 6.45) is 1.42. The van der Waals surface area contributed by atoms with Crippen LogP contribution in [0.5, 0.6) is 11.5 Å². The lowest BCUT2D eigenvalue weighted by Crippen LogP contribution is -2.39. The van der Waals surface area contributed by atoms with Gasteiger partial charge in [-0.25, -0.2) is 13.8 Å². The Labute approximate surface area is 263 Å². The molecule has 0 aromatic heterocycles. The van der Waals surface area contributed by atoms with Crippen LogP contribution in [0.15, 0.2) is 113 Å². The molecule has 2 amide bonds. The van der Waals surface area contributed by atoms with E-state index in [1.165, 1.54) is 18.3 Å². The van der Waals surface area contributed by atoms with Crippen molar-refractivity contribution in [2.24, 2.45) is 5.10 Å². The number of hydrogen-bond donors (Lipinski definition) is 2. The molecule has 0 aliphatic rings. The first-order valence-corrected chi connectivity index (χ1v) is 15.8. The Kier molecular flexibility index (Phi) is 11.3. The van der Waals surface area contributed by atoms with E-state index in [1.807, 2.05) is 51.1 Å². The normalized spacial score (nSPS) is 11.9. The molecule has 0 saturated carbocycles. The summed E-state index contributed by atoms with van der Waals surface area (Å²) in [4.78, 5) is 25.2. The molecule has 0 heterocycles. The zero-order chi connectivity index (χ0) is 32.2. The number of aryl methyl sites for hydroxylation is 1. The van der Waals surface area contributed by atoms with E-state index in [9.17, 15) is 18.0 Å². The molecule has 10 nitrogen and oxygen atoms in total. The van der Waals surface area contributed by atoms with Gasteiger partial charge in [0.25, 0.3) is 21.8 Å². The molecule has 0 aliphatic carbocycles. The van der Waals surface area contributed by atoms with E-state index in [1.54, 1.807) is 60.7 Å². The van der Waals surface area contributed by atoms with Crippen LogP contribution >= 0.6 is 0 Å². The largest absolute Gasteiger partial charge is 0.494 e. The number of ether oxygens (including phenoxy) is 2. The highest BCUT2D eigenvalue weighted by Crippen LogP contribution is 2.25. The second-order valence-electron chi connectivity index (χ2n) is 10.1. The van der Waals surface area contributed by atoms with Gasteiger partial charge in [-0.2, -0.15) is 5.10 Å². The van der Waals surface area contributed by atoms with Crippen molar-refractivity contribution in [2.75, 3.05) is 24.1 Å². The smallest absolute Gasteiger partial charge is 0.264 e. The average molecular weight is 629 g/mol. The summed E-state index contributed by atoms with van der Waals surface area (Å²) in [5.74, 6) is 0.164. The molecule has 45 heavy (non-hydrogen) atoms. The fourth-order valence-electron chi connectivity index (χ4n) is 4.28. The maximum absolute atomic E-state index is 13.6. The SMILES string of the molecule is CCOc1ccc(S(=O)(=O)N(CC(=O)N/N=C\c2ccc(OCC(=O)N[C@H](C)c3ccccc3)cc2)c2ccc(C)cc2)cc1. The molecule has 4 aromatic carbocycles. The topological polar surface area (TPSA) is 126 Å². The van der Waals surface area contributed by atoms with Gasteiger partial charge in [-0.15, -0.1) is 0 Å². The molecule has 0 fully saturated rings. The number of hydrogen-bond acceptors (Lipinski definition) is 7. The molecular formula is C34H36N4O6S. The monoisotopic (exact) mass is 628 g/mol. The van der Waals surface area contributed by atoms with Crippen molar-refractivity contribution in [3.8, 4) is 11.5 Å². The van der Waals surface area contributed by atoms with Crippen LogP contribution < -0.4 is 24.5 Å². The highest BCUT2D eigenvalue weighted by Gasteiger charge is 2.27. The standard InChI is InChI=1S/C34H36N4O6S/c1-4-43-30-18-20-32(21-19-30)45(41,42)38(29-14-10-25(2)11-15-29)23-33(39)37-35-22-27-12-16-31(17-13-27)44-24-34(40)36-26(3)28-8-6-5-7-9-28/h5-22,26H,4,23-24H2,1-3H3,(H,36,40)(H,37,39)/b35-22-/t26-/m1/s1. The van der Waals surface area contributed by atoms with Gasteiger partial charge in [0.15, 0.2) is 6.61 Å². The minimum absolute atomic E-state index is 0.0216. The van der Waals surface area contributed by atoms with Crippen molar-refractivity contribution in [1.82, 2.24) is 10.7 Å². The first-order chi connectivity index (χ1) is 21.7. The van der Waals surface area contributed by atoms with Crippen LogP contribution in [0.4, 0.5) is 5.69 Å². The Hall–Kier alpha value is -5.16. The number of anilines is 1. The zero-order valence-corrected chi connectivity index (χ0v) is 26.2. The molecule has 4 aromatic rings. The van der Waals surface area contributed by atoms with Crippen LogP contribution in [0.1, 0.15) is 36.6 Å². The van der Waals surface area contributed by atoms with Crippen molar-refractivity contribution in [3.05, 3.63) is 120 Å². The summed E-state index contributed by atoms with van der Waals surface area (Å²) in [5.41, 5.74) is 5.34. The van der Waals surface area contributed by atoms with Gasteiger partial charge in [0.2, 0.25) is 0 Å². The fraction of sp³-hybridized carbons (Fsp3) is 0.206. The summed E-state index contributed by atoms with van der Waals surface area (Å²) in [5, 5.41) is 6.88. The lowest BCUT2D eigenvalue weighted by atomic mass is 10.1. The number of rotatable bonds is 14. The highest BCUT2D eigenvalue weighted by molar-refractivity contribution is 7.92. The number of nitrogens with one attached hydrogen (secondary N) is 2. The average Bonchev–Trinajstić information content (AvgIpc) is 3.04. The molecule has 11 heteroatoms. The van der Waals surface area contributed by atoms with Gasteiger partial charge >= 0.3 is 0 Å². The van der Waals surface area contributed by atoms with Crippen LogP contribution in [0.3, 0.4) is 0 Å². The number of sulfonamides is 1. The molecule has 1 atom stereocenters. The lowest BCUT2D eigenvalue weighted by Gasteiger charge is -2.24. The molecule has 0 spiro atoms. The van der Waals surface area contributed by atoms with Crippen LogP contribution in [-0.2, 0) is 19.6 Å². The Morgan fingerprint density at radius 3 is 2.11 bits per heavy atom. The van der Waals surface area contributed by atoms with Crippen LogP contribution in [0.2, 0.25) is 0 Å². The summed E-state index contributed by atoms with van der Waals surface area (Å²) in [6, 6.07) is 29.2. The van der Waals surface area contributed by atoms with Gasteiger partial charge in [0, 0.05) is 0 Å². The number of benzene rings is 4. The molecule has 0 radical (unpaired) electrons. The first kappa shape index (κ1) is 32.7. The molecule has 0 bridgehead atoms. The van der Waals surface area contributed by atoms with E-state index < -0.39 is 22.5 Å². The van der Waals surface area contributed by atoms with Crippen molar-refractivity contribution < 1.29 is 27.5 Å². The minimum atomic E-state index is -4.09. The third kappa shape index (κ3) is 9.41. The zero-order valence-electron chi connectivity index (χ0n) is 25.3. The van der Waals surface area contributed by atoms with E-state index in [2.05, 4.69) is 15.8 Å².